The predicted molar refractivity (Wildman–Crippen MR) is 51.0 cm³/mol. The molecule has 2 N–H and O–H groups in total. The standard InChI is InChI=1S/C10H15N3O/c11-5-8(7-1-2-7)6-13-4-3-9(13)10(12)14/h7-9H,1-4,6H2,(H2,12,14). The lowest BCUT2D eigenvalue weighted by molar-refractivity contribution is -0.127. The summed E-state index contributed by atoms with van der Waals surface area (Å²) < 4.78 is 0. The Bertz CT molecular complexity index is 280. The molecule has 14 heavy (non-hydrogen) atoms. The molecule has 1 aliphatic carbocycles. The summed E-state index contributed by atoms with van der Waals surface area (Å²) in [7, 11) is 0. The van der Waals surface area contributed by atoms with E-state index >= 15 is 0 Å². The third kappa shape index (κ3) is 1.73. The molecule has 1 saturated carbocycles. The van der Waals surface area contributed by atoms with Crippen molar-refractivity contribution in [3.05, 3.63) is 0 Å². The van der Waals surface area contributed by atoms with Gasteiger partial charge < -0.3 is 5.73 Å². The number of nitrogens with zero attached hydrogens (tertiary/aromatic N) is 2. The highest BCUT2D eigenvalue weighted by molar-refractivity contribution is 5.80. The van der Waals surface area contributed by atoms with E-state index in [4.69, 9.17) is 11.0 Å². The van der Waals surface area contributed by atoms with Crippen LogP contribution in [0.1, 0.15) is 19.3 Å². The highest BCUT2D eigenvalue weighted by atomic mass is 16.1. The van der Waals surface area contributed by atoms with Gasteiger partial charge in [-0.15, -0.1) is 0 Å². The van der Waals surface area contributed by atoms with Crippen LogP contribution in [0, 0.1) is 23.2 Å². The number of amides is 1. The molecule has 76 valence electrons. The van der Waals surface area contributed by atoms with Crippen LogP contribution in [0.3, 0.4) is 0 Å². The molecule has 1 heterocycles. The average molecular weight is 193 g/mol. The Hall–Kier alpha value is -1.08. The molecule has 4 nitrogen and oxygen atoms in total. The van der Waals surface area contributed by atoms with Gasteiger partial charge in [-0.25, -0.2) is 0 Å². The smallest absolute Gasteiger partial charge is 0.234 e. The van der Waals surface area contributed by atoms with Crippen molar-refractivity contribution in [1.29, 1.82) is 5.26 Å². The summed E-state index contributed by atoms with van der Waals surface area (Å²) in [5.41, 5.74) is 5.23. The summed E-state index contributed by atoms with van der Waals surface area (Å²) in [6, 6.07) is 2.22. The maximum Gasteiger partial charge on any atom is 0.234 e. The van der Waals surface area contributed by atoms with Gasteiger partial charge in [-0.05, 0) is 25.2 Å². The van der Waals surface area contributed by atoms with Crippen LogP contribution in [0.2, 0.25) is 0 Å². The number of nitriles is 1. The van der Waals surface area contributed by atoms with Crippen LogP contribution in [-0.4, -0.2) is 29.9 Å². The van der Waals surface area contributed by atoms with Crippen LogP contribution < -0.4 is 5.73 Å². The van der Waals surface area contributed by atoms with Crippen molar-refractivity contribution in [3.8, 4) is 6.07 Å². The summed E-state index contributed by atoms with van der Waals surface area (Å²) in [4.78, 5) is 13.0. The highest BCUT2D eigenvalue weighted by Gasteiger charge is 2.38. The molecule has 0 aromatic rings. The highest BCUT2D eigenvalue weighted by Crippen LogP contribution is 2.37. The molecule has 0 aromatic carbocycles. The summed E-state index contributed by atoms with van der Waals surface area (Å²) in [6.45, 7) is 1.65. The first-order chi connectivity index (χ1) is 6.72. The van der Waals surface area contributed by atoms with E-state index < -0.39 is 0 Å². The zero-order valence-corrected chi connectivity index (χ0v) is 8.15. The van der Waals surface area contributed by atoms with E-state index in [1.54, 1.807) is 0 Å². The fourth-order valence-corrected chi connectivity index (χ4v) is 2.03. The number of hydrogen-bond donors (Lipinski definition) is 1. The van der Waals surface area contributed by atoms with Crippen molar-refractivity contribution >= 4 is 5.91 Å². The van der Waals surface area contributed by atoms with Gasteiger partial charge in [-0.2, -0.15) is 5.26 Å². The molecule has 1 amide bonds. The molecule has 0 aromatic heterocycles. The second kappa shape index (κ2) is 3.58. The van der Waals surface area contributed by atoms with E-state index in [1.807, 2.05) is 4.90 Å². The van der Waals surface area contributed by atoms with Crippen LogP contribution in [0.4, 0.5) is 0 Å². The first-order valence-corrected chi connectivity index (χ1v) is 5.15. The zero-order chi connectivity index (χ0) is 10.1. The fraction of sp³-hybridized carbons (Fsp3) is 0.800. The minimum absolute atomic E-state index is 0.107. The van der Waals surface area contributed by atoms with Crippen LogP contribution in [0.5, 0.6) is 0 Å². The van der Waals surface area contributed by atoms with Crippen molar-refractivity contribution in [2.24, 2.45) is 17.6 Å². The molecular weight excluding hydrogens is 178 g/mol. The molecule has 2 rings (SSSR count). The maximum absolute atomic E-state index is 10.9. The third-order valence-electron chi connectivity index (χ3n) is 3.25. The third-order valence-corrected chi connectivity index (χ3v) is 3.25. The zero-order valence-electron chi connectivity index (χ0n) is 8.15. The van der Waals surface area contributed by atoms with E-state index in [9.17, 15) is 4.79 Å². The molecule has 1 aliphatic heterocycles. The number of carbonyl (C=O) groups is 1. The van der Waals surface area contributed by atoms with Crippen molar-refractivity contribution < 1.29 is 4.79 Å². The average Bonchev–Trinajstić information content (AvgIpc) is 2.86. The lowest BCUT2D eigenvalue weighted by Gasteiger charge is -2.39. The van der Waals surface area contributed by atoms with E-state index in [1.165, 1.54) is 12.8 Å². The Balaban J connectivity index is 1.85. The molecule has 1 saturated heterocycles. The van der Waals surface area contributed by atoms with Gasteiger partial charge in [0.2, 0.25) is 5.91 Å². The number of likely N-dealkylation sites (tertiary alicyclic amines) is 1. The Morgan fingerprint density at radius 2 is 2.29 bits per heavy atom. The van der Waals surface area contributed by atoms with Crippen LogP contribution in [0.25, 0.3) is 0 Å². The quantitative estimate of drug-likeness (QED) is 0.688. The molecule has 4 heteroatoms. The van der Waals surface area contributed by atoms with Crippen LogP contribution >= 0.6 is 0 Å². The van der Waals surface area contributed by atoms with E-state index in [0.717, 1.165) is 19.5 Å². The number of hydrogen-bond acceptors (Lipinski definition) is 3. The van der Waals surface area contributed by atoms with Crippen molar-refractivity contribution in [1.82, 2.24) is 4.90 Å². The first-order valence-electron chi connectivity index (χ1n) is 5.15. The largest absolute Gasteiger partial charge is 0.368 e. The molecule has 0 bridgehead atoms. The van der Waals surface area contributed by atoms with Crippen LogP contribution in [-0.2, 0) is 4.79 Å². The Labute approximate surface area is 83.7 Å². The molecule has 0 radical (unpaired) electrons. The monoisotopic (exact) mass is 193 g/mol. The number of nitrogens with two attached hydrogens (primary N) is 1. The predicted octanol–water partition coefficient (Wildman–Crippen LogP) is 0.0958. The van der Waals surface area contributed by atoms with Gasteiger partial charge in [-0.1, -0.05) is 0 Å². The van der Waals surface area contributed by atoms with Gasteiger partial charge >= 0.3 is 0 Å². The molecular formula is C10H15N3O. The fourth-order valence-electron chi connectivity index (χ4n) is 2.03. The molecule has 2 aliphatic rings. The van der Waals surface area contributed by atoms with E-state index in [0.29, 0.717) is 5.92 Å². The molecule has 2 fully saturated rings. The SMILES string of the molecule is N#CC(CN1CCC1C(N)=O)C1CC1. The van der Waals surface area contributed by atoms with E-state index in [2.05, 4.69) is 6.07 Å². The van der Waals surface area contributed by atoms with Crippen molar-refractivity contribution in [3.63, 3.8) is 0 Å². The van der Waals surface area contributed by atoms with Gasteiger partial charge in [0.15, 0.2) is 0 Å². The minimum atomic E-state index is -0.247. The summed E-state index contributed by atoms with van der Waals surface area (Å²) in [6.07, 6.45) is 3.21. The lowest BCUT2D eigenvalue weighted by Crippen LogP contribution is -2.56. The Morgan fingerprint density at radius 1 is 1.57 bits per heavy atom. The Kier molecular flexibility index (Phi) is 2.42. The van der Waals surface area contributed by atoms with E-state index in [-0.39, 0.29) is 17.9 Å². The summed E-state index contributed by atoms with van der Waals surface area (Å²) >= 11 is 0. The molecule has 2 atom stereocenters. The van der Waals surface area contributed by atoms with Gasteiger partial charge in [0.25, 0.3) is 0 Å². The molecule has 0 spiro atoms. The van der Waals surface area contributed by atoms with Gasteiger partial charge in [0.1, 0.15) is 0 Å². The van der Waals surface area contributed by atoms with Crippen LogP contribution in [0.15, 0.2) is 0 Å². The summed E-state index contributed by atoms with van der Waals surface area (Å²) in [5, 5.41) is 8.94. The number of primary amides is 1. The van der Waals surface area contributed by atoms with Crippen molar-refractivity contribution in [2.45, 2.75) is 25.3 Å². The maximum atomic E-state index is 10.9. The number of carbonyl (C=O) groups excluding carboxylic acids is 1. The topological polar surface area (TPSA) is 70.1 Å². The first kappa shape index (κ1) is 9.47. The van der Waals surface area contributed by atoms with Gasteiger partial charge in [-0.3, -0.25) is 9.69 Å². The van der Waals surface area contributed by atoms with Gasteiger partial charge in [0.05, 0.1) is 18.0 Å². The lowest BCUT2D eigenvalue weighted by atomic mass is 9.97. The van der Waals surface area contributed by atoms with Crippen molar-refractivity contribution in [2.75, 3.05) is 13.1 Å². The minimum Gasteiger partial charge on any atom is -0.368 e. The number of rotatable bonds is 4. The van der Waals surface area contributed by atoms with Gasteiger partial charge in [0, 0.05) is 13.1 Å². The normalized spacial score (nSPS) is 28.9. The Morgan fingerprint density at radius 3 is 2.64 bits per heavy atom. The second-order valence-corrected chi connectivity index (χ2v) is 4.27. The molecule has 2 unspecified atom stereocenters. The summed E-state index contributed by atoms with van der Waals surface area (Å²) in [5.74, 6) is 0.440. The second-order valence-electron chi connectivity index (χ2n) is 4.27.